The van der Waals surface area contributed by atoms with Crippen LogP contribution in [0.1, 0.15) is 0 Å². The van der Waals surface area contributed by atoms with Crippen molar-refractivity contribution in [3.63, 3.8) is 0 Å². The molecule has 0 aliphatic rings. The quantitative estimate of drug-likeness (QED) is 0.789. The van der Waals surface area contributed by atoms with Crippen LogP contribution in [-0.4, -0.2) is 17.1 Å². The molecule has 0 aliphatic carbocycles. The van der Waals surface area contributed by atoms with Gasteiger partial charge in [0.05, 0.1) is 22.3 Å². The molecule has 0 aliphatic heterocycles. The largest absolute Gasteiger partial charge is 0.497 e. The van der Waals surface area contributed by atoms with Crippen LogP contribution >= 0.6 is 22.9 Å². The molecule has 3 aromatic rings. The van der Waals surface area contributed by atoms with Gasteiger partial charge < -0.3 is 10.1 Å². The number of aromatic nitrogens is 2. The molecule has 3 rings (SSSR count). The summed E-state index contributed by atoms with van der Waals surface area (Å²) >= 11 is 7.35. The fourth-order valence-electron chi connectivity index (χ4n) is 1.64. The average Bonchev–Trinajstić information content (AvgIpc) is 2.82. The highest BCUT2D eigenvalue weighted by atomic mass is 35.5. The van der Waals surface area contributed by atoms with Crippen molar-refractivity contribution in [3.8, 4) is 5.75 Å². The first kappa shape index (κ1) is 12.2. The molecule has 0 saturated heterocycles. The van der Waals surface area contributed by atoms with Gasteiger partial charge in [-0.3, -0.25) is 0 Å². The van der Waals surface area contributed by atoms with E-state index >= 15 is 0 Å². The lowest BCUT2D eigenvalue weighted by molar-refractivity contribution is 0.415. The fraction of sp³-hybridized carbons (Fsp3) is 0.0769. The van der Waals surface area contributed by atoms with Crippen molar-refractivity contribution < 1.29 is 4.74 Å². The third-order valence-electron chi connectivity index (χ3n) is 2.56. The smallest absolute Gasteiger partial charge is 0.189 e. The number of nitrogens with one attached hydrogen (secondary N) is 1. The Hall–Kier alpha value is -1.85. The summed E-state index contributed by atoms with van der Waals surface area (Å²) in [7, 11) is 1.65. The molecule has 96 valence electrons. The topological polar surface area (TPSA) is 47.0 Å². The Labute approximate surface area is 119 Å². The second-order valence-electron chi connectivity index (χ2n) is 3.84. The number of fused-ring (bicyclic) bond motifs is 1. The number of rotatable bonds is 3. The minimum absolute atomic E-state index is 0.611. The summed E-state index contributed by atoms with van der Waals surface area (Å²) in [6.45, 7) is 0. The molecular formula is C13H10ClN3OS. The van der Waals surface area contributed by atoms with Gasteiger partial charge in [0.1, 0.15) is 11.6 Å². The van der Waals surface area contributed by atoms with E-state index in [4.69, 9.17) is 16.3 Å². The highest BCUT2D eigenvalue weighted by Crippen LogP contribution is 2.30. The SMILES string of the molecule is COc1ccc2nc(Nc3ccc(Cl)cn3)sc2c1. The molecular weight excluding hydrogens is 282 g/mol. The lowest BCUT2D eigenvalue weighted by Gasteiger charge is -1.99. The van der Waals surface area contributed by atoms with E-state index in [0.29, 0.717) is 5.02 Å². The summed E-state index contributed by atoms with van der Waals surface area (Å²) in [4.78, 5) is 8.66. The van der Waals surface area contributed by atoms with Gasteiger partial charge >= 0.3 is 0 Å². The Morgan fingerprint density at radius 2 is 2.16 bits per heavy atom. The van der Waals surface area contributed by atoms with Gasteiger partial charge in [-0.15, -0.1) is 0 Å². The third-order valence-corrected chi connectivity index (χ3v) is 3.72. The van der Waals surface area contributed by atoms with Gasteiger partial charge in [0, 0.05) is 6.20 Å². The minimum Gasteiger partial charge on any atom is -0.497 e. The predicted octanol–water partition coefficient (Wildman–Crippen LogP) is 4.10. The zero-order valence-electron chi connectivity index (χ0n) is 10.1. The summed E-state index contributed by atoms with van der Waals surface area (Å²) in [5.41, 5.74) is 0.933. The van der Waals surface area contributed by atoms with E-state index in [2.05, 4.69) is 15.3 Å². The van der Waals surface area contributed by atoms with Gasteiger partial charge in [0.25, 0.3) is 0 Å². The van der Waals surface area contributed by atoms with Crippen molar-refractivity contribution in [3.05, 3.63) is 41.6 Å². The molecule has 2 aromatic heterocycles. The van der Waals surface area contributed by atoms with Crippen LogP contribution < -0.4 is 10.1 Å². The normalized spacial score (nSPS) is 10.6. The van der Waals surface area contributed by atoms with E-state index in [1.807, 2.05) is 24.3 Å². The molecule has 0 unspecified atom stereocenters. The summed E-state index contributed by atoms with van der Waals surface area (Å²) < 4.78 is 6.26. The van der Waals surface area contributed by atoms with E-state index in [9.17, 15) is 0 Å². The second kappa shape index (κ2) is 5.03. The number of thiazole rings is 1. The van der Waals surface area contributed by atoms with Crippen LogP contribution in [0.3, 0.4) is 0 Å². The van der Waals surface area contributed by atoms with E-state index in [1.54, 1.807) is 30.7 Å². The van der Waals surface area contributed by atoms with Gasteiger partial charge in [0.2, 0.25) is 0 Å². The lowest BCUT2D eigenvalue weighted by atomic mass is 10.3. The van der Waals surface area contributed by atoms with E-state index < -0.39 is 0 Å². The van der Waals surface area contributed by atoms with Crippen LogP contribution in [0.2, 0.25) is 5.02 Å². The number of hydrogen-bond donors (Lipinski definition) is 1. The van der Waals surface area contributed by atoms with Crippen LogP contribution in [0.25, 0.3) is 10.2 Å². The van der Waals surface area contributed by atoms with Crippen molar-refractivity contribution in [2.45, 2.75) is 0 Å². The first-order chi connectivity index (χ1) is 9.24. The lowest BCUT2D eigenvalue weighted by Crippen LogP contribution is -1.91. The Morgan fingerprint density at radius 1 is 1.26 bits per heavy atom. The van der Waals surface area contributed by atoms with Gasteiger partial charge in [-0.05, 0) is 30.3 Å². The summed E-state index contributed by atoms with van der Waals surface area (Å²) in [5.74, 6) is 1.54. The monoisotopic (exact) mass is 291 g/mol. The molecule has 2 heterocycles. The summed E-state index contributed by atoms with van der Waals surface area (Å²) in [5, 5.41) is 4.56. The molecule has 0 amide bonds. The highest BCUT2D eigenvalue weighted by Gasteiger charge is 2.05. The Kier molecular flexibility index (Phi) is 3.23. The fourth-order valence-corrected chi connectivity index (χ4v) is 2.66. The van der Waals surface area contributed by atoms with Crippen LogP contribution in [-0.2, 0) is 0 Å². The maximum Gasteiger partial charge on any atom is 0.189 e. The van der Waals surface area contributed by atoms with Crippen molar-refractivity contribution in [1.82, 2.24) is 9.97 Å². The van der Waals surface area contributed by atoms with Crippen LogP contribution in [0, 0.1) is 0 Å². The number of anilines is 2. The van der Waals surface area contributed by atoms with E-state index in [0.717, 1.165) is 26.9 Å². The number of ether oxygens (including phenoxy) is 1. The Morgan fingerprint density at radius 3 is 2.89 bits per heavy atom. The molecule has 0 atom stereocenters. The zero-order chi connectivity index (χ0) is 13.2. The maximum atomic E-state index is 5.80. The molecule has 1 aromatic carbocycles. The molecule has 4 nitrogen and oxygen atoms in total. The molecule has 0 radical (unpaired) electrons. The van der Waals surface area contributed by atoms with Crippen molar-refractivity contribution in [2.24, 2.45) is 0 Å². The summed E-state index contributed by atoms with van der Waals surface area (Å²) in [6.07, 6.45) is 1.60. The Bertz CT molecular complexity index is 711. The number of halogens is 1. The van der Waals surface area contributed by atoms with E-state index in [-0.39, 0.29) is 0 Å². The first-order valence-corrected chi connectivity index (χ1v) is 6.77. The maximum absolute atomic E-state index is 5.80. The third kappa shape index (κ3) is 2.62. The molecule has 0 spiro atoms. The van der Waals surface area contributed by atoms with Crippen LogP contribution in [0.4, 0.5) is 10.9 Å². The van der Waals surface area contributed by atoms with Crippen LogP contribution in [0.5, 0.6) is 5.75 Å². The molecule has 0 fully saturated rings. The standard InChI is InChI=1S/C13H10ClN3OS/c1-18-9-3-4-10-11(6-9)19-13(16-10)17-12-5-2-8(14)7-15-12/h2-7H,1H3,(H,15,16,17). The number of nitrogens with zero attached hydrogens (tertiary/aromatic N) is 2. The Balaban J connectivity index is 1.90. The molecule has 0 bridgehead atoms. The average molecular weight is 292 g/mol. The number of pyridine rings is 1. The molecule has 6 heteroatoms. The van der Waals surface area contributed by atoms with Crippen molar-refractivity contribution >= 4 is 44.1 Å². The molecule has 1 N–H and O–H groups in total. The van der Waals surface area contributed by atoms with Gasteiger partial charge in [-0.2, -0.15) is 0 Å². The van der Waals surface area contributed by atoms with Crippen molar-refractivity contribution in [2.75, 3.05) is 12.4 Å². The predicted molar refractivity (Wildman–Crippen MR) is 78.7 cm³/mol. The summed E-state index contributed by atoms with van der Waals surface area (Å²) in [6, 6.07) is 9.40. The second-order valence-corrected chi connectivity index (χ2v) is 5.31. The van der Waals surface area contributed by atoms with Gasteiger partial charge in [-0.1, -0.05) is 22.9 Å². The number of methoxy groups -OCH3 is 1. The zero-order valence-corrected chi connectivity index (χ0v) is 11.6. The number of hydrogen-bond acceptors (Lipinski definition) is 5. The minimum atomic E-state index is 0.611. The van der Waals surface area contributed by atoms with Crippen molar-refractivity contribution in [1.29, 1.82) is 0 Å². The molecule has 0 saturated carbocycles. The highest BCUT2D eigenvalue weighted by molar-refractivity contribution is 7.22. The van der Waals surface area contributed by atoms with E-state index in [1.165, 1.54) is 0 Å². The van der Waals surface area contributed by atoms with Gasteiger partial charge in [0.15, 0.2) is 5.13 Å². The molecule has 19 heavy (non-hydrogen) atoms. The van der Waals surface area contributed by atoms with Crippen LogP contribution in [0.15, 0.2) is 36.5 Å². The van der Waals surface area contributed by atoms with Gasteiger partial charge in [-0.25, -0.2) is 9.97 Å². The number of benzene rings is 1. The first-order valence-electron chi connectivity index (χ1n) is 5.58.